The molecule has 2 unspecified atom stereocenters. The van der Waals surface area contributed by atoms with Gasteiger partial charge in [-0.1, -0.05) is 24.6 Å². The zero-order valence-corrected chi connectivity index (χ0v) is 13.2. The quantitative estimate of drug-likeness (QED) is 0.818. The first kappa shape index (κ1) is 14.8. The molecule has 3 heteroatoms. The summed E-state index contributed by atoms with van der Waals surface area (Å²) in [5, 5.41) is 21.7. The normalized spacial score (nSPS) is 29.1. The predicted octanol–water partition coefficient (Wildman–Crippen LogP) is 4.42. The largest absolute Gasteiger partial charge is 0.392 e. The summed E-state index contributed by atoms with van der Waals surface area (Å²) in [6.07, 6.45) is 11.5. The second-order valence-electron chi connectivity index (χ2n) is 6.57. The van der Waals surface area contributed by atoms with Gasteiger partial charge in [-0.15, -0.1) is 11.3 Å². The van der Waals surface area contributed by atoms with E-state index in [0.717, 1.165) is 38.5 Å². The van der Waals surface area contributed by atoms with Crippen molar-refractivity contribution in [2.45, 2.75) is 56.5 Å². The molecule has 3 atom stereocenters. The Hall–Kier alpha value is -1.11. The maximum Gasteiger partial charge on any atom is 0.0679 e. The molecule has 0 amide bonds. The van der Waals surface area contributed by atoms with Crippen LogP contribution >= 0.6 is 11.3 Å². The molecule has 1 N–H and O–H groups in total. The molecule has 0 radical (unpaired) electrons. The van der Waals surface area contributed by atoms with E-state index < -0.39 is 0 Å². The summed E-state index contributed by atoms with van der Waals surface area (Å²) in [4.78, 5) is 1.35. The molecule has 112 valence electrons. The zero-order valence-electron chi connectivity index (χ0n) is 12.4. The molecule has 0 aliphatic heterocycles. The van der Waals surface area contributed by atoms with Crippen LogP contribution < -0.4 is 0 Å². The number of nitrogens with zero attached hydrogens (tertiary/aromatic N) is 1. The van der Waals surface area contributed by atoms with Crippen LogP contribution in [0.5, 0.6) is 0 Å². The van der Waals surface area contributed by atoms with Crippen LogP contribution in [0.4, 0.5) is 0 Å². The number of aliphatic hydroxyl groups is 1. The third-order valence-corrected chi connectivity index (χ3v) is 6.41. The minimum Gasteiger partial charge on any atom is -0.392 e. The van der Waals surface area contributed by atoms with Gasteiger partial charge in [0.15, 0.2) is 0 Å². The van der Waals surface area contributed by atoms with Gasteiger partial charge >= 0.3 is 0 Å². The Kier molecular flexibility index (Phi) is 4.47. The summed E-state index contributed by atoms with van der Waals surface area (Å²) in [5.74, 6) is 0.787. The number of hydrogen-bond donors (Lipinski definition) is 1. The van der Waals surface area contributed by atoms with E-state index in [2.05, 4.69) is 35.7 Å². The van der Waals surface area contributed by atoms with Crippen molar-refractivity contribution >= 4 is 11.3 Å². The molecule has 2 saturated carbocycles. The van der Waals surface area contributed by atoms with Crippen molar-refractivity contribution in [1.29, 1.82) is 5.26 Å². The zero-order chi connectivity index (χ0) is 14.7. The summed E-state index contributed by atoms with van der Waals surface area (Å²) in [5.41, 5.74) is 0.0172. The van der Waals surface area contributed by atoms with Gasteiger partial charge in [0.2, 0.25) is 0 Å². The second kappa shape index (κ2) is 6.34. The summed E-state index contributed by atoms with van der Waals surface area (Å²) >= 11 is 1.78. The number of thiophene rings is 1. The van der Waals surface area contributed by atoms with E-state index in [0.29, 0.717) is 5.92 Å². The third kappa shape index (κ3) is 2.93. The lowest BCUT2D eigenvalue weighted by Crippen LogP contribution is -2.44. The summed E-state index contributed by atoms with van der Waals surface area (Å²) < 4.78 is 0. The van der Waals surface area contributed by atoms with Crippen LogP contribution in [0.1, 0.15) is 49.8 Å². The van der Waals surface area contributed by atoms with Crippen LogP contribution in [0, 0.1) is 23.2 Å². The first-order chi connectivity index (χ1) is 10.2. The van der Waals surface area contributed by atoms with Crippen LogP contribution in [-0.2, 0) is 5.41 Å². The van der Waals surface area contributed by atoms with E-state index in [9.17, 15) is 5.11 Å². The van der Waals surface area contributed by atoms with Gasteiger partial charge in [0.25, 0.3) is 0 Å². The summed E-state index contributed by atoms with van der Waals surface area (Å²) in [6.45, 7) is 0. The molecule has 3 rings (SSSR count). The van der Waals surface area contributed by atoms with Crippen LogP contribution in [0.2, 0.25) is 0 Å². The molecular formula is C18H23NOS. The Morgan fingerprint density at radius 1 is 1.48 bits per heavy atom. The first-order valence-corrected chi connectivity index (χ1v) is 8.91. The molecule has 1 aromatic rings. The second-order valence-corrected chi connectivity index (χ2v) is 7.51. The monoisotopic (exact) mass is 301 g/mol. The maximum atomic E-state index is 10.7. The SMILES string of the molecule is N#C[C@@H]1CCC(/C=C/CC(O)C2(c3cccs3)CCC2)C1. The molecule has 1 heterocycles. The molecule has 21 heavy (non-hydrogen) atoms. The van der Waals surface area contributed by atoms with Gasteiger partial charge in [-0.3, -0.25) is 0 Å². The summed E-state index contributed by atoms with van der Waals surface area (Å²) in [7, 11) is 0. The molecule has 0 bridgehead atoms. The molecule has 2 aliphatic rings. The van der Waals surface area contributed by atoms with E-state index in [4.69, 9.17) is 5.26 Å². The molecule has 1 aromatic heterocycles. The molecule has 0 spiro atoms. The van der Waals surface area contributed by atoms with Crippen LogP contribution in [-0.4, -0.2) is 11.2 Å². The highest BCUT2D eigenvalue weighted by Gasteiger charge is 2.45. The maximum absolute atomic E-state index is 10.7. The Labute approximate surface area is 131 Å². The van der Waals surface area contributed by atoms with Crippen molar-refractivity contribution in [3.63, 3.8) is 0 Å². The van der Waals surface area contributed by atoms with Gasteiger partial charge < -0.3 is 5.11 Å². The smallest absolute Gasteiger partial charge is 0.0679 e. The lowest BCUT2D eigenvalue weighted by molar-refractivity contribution is 0.0328. The van der Waals surface area contributed by atoms with Crippen LogP contribution in [0.25, 0.3) is 0 Å². The molecule has 2 nitrogen and oxygen atoms in total. The lowest BCUT2D eigenvalue weighted by atomic mass is 9.63. The Morgan fingerprint density at radius 2 is 2.33 bits per heavy atom. The number of rotatable bonds is 5. The van der Waals surface area contributed by atoms with Crippen molar-refractivity contribution in [2.75, 3.05) is 0 Å². The van der Waals surface area contributed by atoms with E-state index in [1.807, 2.05) is 0 Å². The van der Waals surface area contributed by atoms with Crippen molar-refractivity contribution in [1.82, 2.24) is 0 Å². The third-order valence-electron chi connectivity index (χ3n) is 5.32. The fourth-order valence-electron chi connectivity index (χ4n) is 3.80. The van der Waals surface area contributed by atoms with Crippen molar-refractivity contribution in [3.05, 3.63) is 34.5 Å². The van der Waals surface area contributed by atoms with Gasteiger partial charge in [-0.25, -0.2) is 0 Å². The molecule has 2 aliphatic carbocycles. The average Bonchev–Trinajstić information content (AvgIpc) is 3.09. The van der Waals surface area contributed by atoms with Crippen LogP contribution in [0.15, 0.2) is 29.7 Å². The predicted molar refractivity (Wildman–Crippen MR) is 86.1 cm³/mol. The minimum atomic E-state index is -0.269. The topological polar surface area (TPSA) is 44.0 Å². The highest BCUT2D eigenvalue weighted by Crippen LogP contribution is 2.49. The van der Waals surface area contributed by atoms with Gasteiger partial charge in [0, 0.05) is 16.2 Å². The van der Waals surface area contributed by atoms with Crippen molar-refractivity contribution in [2.24, 2.45) is 11.8 Å². The van der Waals surface area contributed by atoms with Gasteiger partial charge in [-0.2, -0.15) is 5.26 Å². The number of nitriles is 1. The first-order valence-electron chi connectivity index (χ1n) is 8.03. The van der Waals surface area contributed by atoms with Gasteiger partial charge in [0.05, 0.1) is 12.2 Å². The van der Waals surface area contributed by atoms with E-state index in [1.165, 1.54) is 11.3 Å². The molecule has 0 aromatic carbocycles. The van der Waals surface area contributed by atoms with Crippen molar-refractivity contribution < 1.29 is 5.11 Å². The fraction of sp³-hybridized carbons (Fsp3) is 0.611. The minimum absolute atomic E-state index is 0.0172. The van der Waals surface area contributed by atoms with E-state index in [1.54, 1.807) is 11.3 Å². The highest BCUT2D eigenvalue weighted by molar-refractivity contribution is 7.10. The number of hydrogen-bond acceptors (Lipinski definition) is 3. The van der Waals surface area contributed by atoms with Gasteiger partial charge in [0.1, 0.15) is 0 Å². The fourth-order valence-corrected chi connectivity index (χ4v) is 4.83. The Morgan fingerprint density at radius 3 is 2.90 bits per heavy atom. The van der Waals surface area contributed by atoms with E-state index >= 15 is 0 Å². The molecule has 2 fully saturated rings. The van der Waals surface area contributed by atoms with E-state index in [-0.39, 0.29) is 17.4 Å². The average molecular weight is 301 g/mol. The van der Waals surface area contributed by atoms with Crippen LogP contribution in [0.3, 0.4) is 0 Å². The standard InChI is InChI=1S/C18H23NOS/c19-13-15-8-7-14(12-15)4-1-5-16(20)18(9-3-10-18)17-6-2-11-21-17/h1-2,4,6,11,14-16,20H,3,5,7-10,12H2/b4-1+/t14?,15-,16?/m1/s1. The Bertz CT molecular complexity index is 524. The number of aliphatic hydroxyl groups excluding tert-OH is 1. The Balaban J connectivity index is 1.57. The molecular weight excluding hydrogens is 278 g/mol. The van der Waals surface area contributed by atoms with Gasteiger partial charge in [-0.05, 0) is 55.9 Å². The summed E-state index contributed by atoms with van der Waals surface area (Å²) in [6, 6.07) is 6.63. The number of allylic oxidation sites excluding steroid dienone is 1. The highest BCUT2D eigenvalue weighted by atomic mass is 32.1. The molecule has 0 saturated heterocycles. The lowest BCUT2D eigenvalue weighted by Gasteiger charge is -2.44. The van der Waals surface area contributed by atoms with Crippen molar-refractivity contribution in [3.8, 4) is 6.07 Å².